The van der Waals surface area contributed by atoms with E-state index in [0.717, 1.165) is 61.8 Å². The molecule has 9 nitrogen and oxygen atoms in total. The minimum absolute atomic E-state index is 0.0357. The number of benzene rings is 3. The molecule has 0 bridgehead atoms. The number of nitrogens with zero attached hydrogens (tertiary/aromatic N) is 1. The van der Waals surface area contributed by atoms with Gasteiger partial charge in [-0.3, -0.25) is 14.5 Å². The quantitative estimate of drug-likeness (QED) is 0.0293. The average Bonchev–Trinajstić information content (AvgIpc) is 3.78. The van der Waals surface area contributed by atoms with Gasteiger partial charge in [-0.2, -0.15) is 0 Å². The number of nitrogens with one attached hydrogen (secondary N) is 1. The number of esters is 1. The van der Waals surface area contributed by atoms with E-state index < -0.39 is 28.6 Å². The predicted molar refractivity (Wildman–Crippen MR) is 260 cm³/mol. The Hall–Kier alpha value is -5.81. The summed E-state index contributed by atoms with van der Waals surface area (Å²) in [7, 11) is 0. The molecule has 2 heterocycles. The minimum Gasteiger partial charge on any atom is -0.508 e. The van der Waals surface area contributed by atoms with Gasteiger partial charge in [-0.1, -0.05) is 92.0 Å². The van der Waals surface area contributed by atoms with Gasteiger partial charge >= 0.3 is 5.97 Å². The van der Waals surface area contributed by atoms with E-state index >= 15 is 0 Å². The van der Waals surface area contributed by atoms with E-state index in [1.165, 1.54) is 23.5 Å². The number of amides is 1. The summed E-state index contributed by atoms with van der Waals surface area (Å²) < 4.78 is 18.5. The summed E-state index contributed by atoms with van der Waals surface area (Å²) in [6.45, 7) is 9.80. The number of ether oxygens (including phenoxy) is 3. The predicted octanol–water partition coefficient (Wildman–Crippen LogP) is 11.6. The second kappa shape index (κ2) is 26.1. The van der Waals surface area contributed by atoms with Crippen LogP contribution in [-0.2, 0) is 19.9 Å². The molecule has 0 spiro atoms. The number of carbonyl (C=O) groups is 3. The number of allylic oxidation sites excluding steroid dienone is 12. The molecule has 1 atom stereocenters. The lowest BCUT2D eigenvalue weighted by molar-refractivity contribution is -0.150. The molecule has 0 radical (unpaired) electrons. The molecule has 0 saturated carbocycles. The highest BCUT2D eigenvalue weighted by atomic mass is 32.1. The number of aromatic hydroxyl groups is 1. The molecule has 3 aromatic carbocycles. The van der Waals surface area contributed by atoms with Crippen molar-refractivity contribution in [3.05, 3.63) is 162 Å². The first-order chi connectivity index (χ1) is 31.1. The average molecular weight is 885 g/mol. The van der Waals surface area contributed by atoms with Gasteiger partial charge in [0.15, 0.2) is 11.3 Å². The third-order valence-electron chi connectivity index (χ3n) is 11.1. The summed E-state index contributed by atoms with van der Waals surface area (Å²) in [5.41, 5.74) is -3.02. The van der Waals surface area contributed by atoms with Crippen molar-refractivity contribution in [1.82, 2.24) is 10.2 Å². The normalized spacial score (nSPS) is 15.0. The summed E-state index contributed by atoms with van der Waals surface area (Å²) in [4.78, 5) is 46.1. The monoisotopic (exact) mass is 884 g/mol. The number of ketones is 1. The lowest BCUT2D eigenvalue weighted by atomic mass is 9.64. The fraction of sp³-hybridized carbons (Fsp3) is 0.352. The number of morpholine rings is 1. The summed E-state index contributed by atoms with van der Waals surface area (Å²) in [5.74, 6) is -0.827. The molecular weight excluding hydrogens is 821 g/mol. The molecule has 10 heteroatoms. The van der Waals surface area contributed by atoms with Crippen molar-refractivity contribution < 1.29 is 33.7 Å². The molecule has 338 valence electrons. The number of Topliss-reactive ketones (excluding diaryl/α,β-unsaturated/α-hetero) is 1. The molecule has 1 aliphatic heterocycles. The highest BCUT2D eigenvalue weighted by Crippen LogP contribution is 2.45. The second-order valence-electron chi connectivity index (χ2n) is 16.1. The fourth-order valence-corrected chi connectivity index (χ4v) is 8.20. The van der Waals surface area contributed by atoms with E-state index in [2.05, 4.69) is 77.9 Å². The number of hydrogen-bond donors (Lipinski definition) is 2. The van der Waals surface area contributed by atoms with Gasteiger partial charge in [0, 0.05) is 36.3 Å². The van der Waals surface area contributed by atoms with Crippen molar-refractivity contribution in [3.63, 3.8) is 0 Å². The lowest BCUT2D eigenvalue weighted by Crippen LogP contribution is -2.64. The minimum atomic E-state index is -2.02. The third-order valence-corrected chi connectivity index (χ3v) is 12.0. The van der Waals surface area contributed by atoms with E-state index in [-0.39, 0.29) is 23.5 Å². The van der Waals surface area contributed by atoms with Gasteiger partial charge in [-0.05, 0) is 136 Å². The number of thiophene rings is 1. The van der Waals surface area contributed by atoms with Crippen molar-refractivity contribution in [1.29, 1.82) is 0 Å². The first kappa shape index (κ1) is 49.2. The van der Waals surface area contributed by atoms with Crippen molar-refractivity contribution >= 4 is 39.1 Å². The Bertz CT molecular complexity index is 2260. The second-order valence-corrected chi connectivity index (χ2v) is 17.0. The molecule has 1 aromatic heterocycles. The molecule has 1 aliphatic rings. The highest BCUT2D eigenvalue weighted by molar-refractivity contribution is 7.17. The molecule has 4 aromatic rings. The maximum atomic E-state index is 15.0. The van der Waals surface area contributed by atoms with Gasteiger partial charge in [0.05, 0.1) is 18.6 Å². The first-order valence-electron chi connectivity index (χ1n) is 22.4. The smallest absolute Gasteiger partial charge is 0.343 e. The Labute approximate surface area is 383 Å². The largest absolute Gasteiger partial charge is 0.508 e. The van der Waals surface area contributed by atoms with Crippen molar-refractivity contribution in [2.24, 2.45) is 5.41 Å². The van der Waals surface area contributed by atoms with Crippen molar-refractivity contribution in [3.8, 4) is 17.2 Å². The third kappa shape index (κ3) is 14.6. The lowest BCUT2D eigenvalue weighted by Gasteiger charge is -2.44. The van der Waals surface area contributed by atoms with Gasteiger partial charge in [0.2, 0.25) is 5.91 Å². The maximum Gasteiger partial charge on any atom is 0.343 e. The Morgan fingerprint density at radius 1 is 0.750 bits per heavy atom. The highest BCUT2D eigenvalue weighted by Gasteiger charge is 2.59. The zero-order valence-electron chi connectivity index (χ0n) is 37.6. The zero-order chi connectivity index (χ0) is 45.5. The Balaban J connectivity index is 1.26. The molecule has 2 N–H and O–H groups in total. The first-order valence-corrected chi connectivity index (χ1v) is 23.3. The molecular formula is C54H64N2O7S. The van der Waals surface area contributed by atoms with Crippen LogP contribution in [0.2, 0.25) is 0 Å². The number of phenols is 1. The summed E-state index contributed by atoms with van der Waals surface area (Å²) in [6, 6.07) is 20.1. The van der Waals surface area contributed by atoms with Gasteiger partial charge in [-0.15, -0.1) is 11.3 Å². The van der Waals surface area contributed by atoms with Crippen molar-refractivity contribution in [2.45, 2.75) is 77.7 Å². The fourth-order valence-electron chi connectivity index (χ4n) is 7.38. The van der Waals surface area contributed by atoms with Crippen molar-refractivity contribution in [2.75, 3.05) is 39.5 Å². The van der Waals surface area contributed by atoms with E-state index in [0.29, 0.717) is 44.0 Å². The van der Waals surface area contributed by atoms with Crippen LogP contribution >= 0.6 is 11.3 Å². The van der Waals surface area contributed by atoms with Crippen LogP contribution in [0.4, 0.5) is 0 Å². The Morgan fingerprint density at radius 3 is 1.94 bits per heavy atom. The number of rotatable bonds is 25. The molecule has 0 unspecified atom stereocenters. The van der Waals surface area contributed by atoms with E-state index in [1.807, 2.05) is 29.7 Å². The standard InChI is InChI=1S/C54H64N2O7S/c1-4-5-6-7-8-9-10-11-12-13-14-15-16-17-18-19-20-21-22-23-50(58)55-54(45-27-29-46(57)30-28-45,52(60)63-48-33-24-43-34-41-64-49(43)42-48)53(2,3)51(59)44-25-31-47(32-26-44)62-40-37-56-35-38-61-39-36-56/h5-6,8-9,11-12,14-15,17-18,20-21,24-34,41-42,57H,4,7,10,13,16,19,22-23,35-40H2,1-3H3,(H,55,58)/b6-5-,9-8-,12-11-,15-14-,18-17-,21-20-/t54-/m1/s1. The number of carbonyl (C=O) groups excluding carboxylic acids is 3. The summed E-state index contributed by atoms with van der Waals surface area (Å²) >= 11 is 1.51. The SMILES string of the molecule is CC/C=C\C/C=C\C/C=C\C/C=C\C/C=C\C/C=C\CCC(=O)N[C@@](C(=O)Oc1ccc2ccsc2c1)(c1ccc(O)cc1)C(C)(C)C(=O)c1ccc(OCCN2CCOCC2)cc1. The van der Waals surface area contributed by atoms with Crippen LogP contribution in [0.3, 0.4) is 0 Å². The summed E-state index contributed by atoms with van der Waals surface area (Å²) in [5, 5.41) is 16.3. The number of fused-ring (bicyclic) bond motifs is 1. The molecule has 64 heavy (non-hydrogen) atoms. The van der Waals surface area contributed by atoms with Gasteiger partial charge in [0.25, 0.3) is 0 Å². The Morgan fingerprint density at radius 2 is 1.33 bits per heavy atom. The van der Waals surface area contributed by atoms with Crippen LogP contribution in [0, 0.1) is 5.41 Å². The number of phenolic OH excluding ortho intramolecular Hbond substituents is 1. The summed E-state index contributed by atoms with van der Waals surface area (Å²) in [6.07, 6.45) is 31.5. The van der Waals surface area contributed by atoms with Gasteiger partial charge < -0.3 is 24.6 Å². The van der Waals surface area contributed by atoms with E-state index in [4.69, 9.17) is 14.2 Å². The van der Waals surface area contributed by atoms with Crippen LogP contribution in [-0.4, -0.2) is 67.1 Å². The van der Waals surface area contributed by atoms with Crippen LogP contribution in [0.5, 0.6) is 17.2 Å². The van der Waals surface area contributed by atoms with Crippen LogP contribution in [0.25, 0.3) is 10.1 Å². The van der Waals surface area contributed by atoms with E-state index in [9.17, 15) is 19.5 Å². The topological polar surface area (TPSA) is 114 Å². The number of hydrogen-bond acceptors (Lipinski definition) is 9. The van der Waals surface area contributed by atoms with Crippen LogP contribution < -0.4 is 14.8 Å². The zero-order valence-corrected chi connectivity index (χ0v) is 38.4. The Kier molecular flexibility index (Phi) is 20.1. The van der Waals surface area contributed by atoms with E-state index in [1.54, 1.807) is 62.4 Å². The van der Waals surface area contributed by atoms with Crippen LogP contribution in [0.1, 0.15) is 88.1 Å². The van der Waals surface area contributed by atoms with Crippen LogP contribution in [0.15, 0.2) is 151 Å². The molecule has 1 fully saturated rings. The molecule has 1 saturated heterocycles. The molecule has 5 rings (SSSR count). The maximum absolute atomic E-state index is 15.0. The molecule has 0 aliphatic carbocycles. The van der Waals surface area contributed by atoms with Gasteiger partial charge in [0.1, 0.15) is 23.9 Å². The molecule has 1 amide bonds. The van der Waals surface area contributed by atoms with Gasteiger partial charge in [-0.25, -0.2) is 4.79 Å².